The highest BCUT2D eigenvalue weighted by molar-refractivity contribution is 7.99. The van der Waals surface area contributed by atoms with Crippen molar-refractivity contribution in [1.82, 2.24) is 9.80 Å². The van der Waals surface area contributed by atoms with E-state index >= 15 is 0 Å². The number of nitrogens with zero attached hydrogens (tertiary/aromatic N) is 2. The van der Waals surface area contributed by atoms with Crippen LogP contribution < -0.4 is 0 Å². The minimum Gasteiger partial charge on any atom is -0.481 e. The summed E-state index contributed by atoms with van der Waals surface area (Å²) in [5.41, 5.74) is 0. The Hall–Kier alpha value is -0.910. The molecule has 1 aliphatic heterocycles. The summed E-state index contributed by atoms with van der Waals surface area (Å²) >= 11 is 1.74. The van der Waals surface area contributed by atoms with E-state index in [0.29, 0.717) is 12.6 Å². The third-order valence-electron chi connectivity index (χ3n) is 4.56. The van der Waals surface area contributed by atoms with Gasteiger partial charge in [-0.15, -0.1) is 0 Å². The molecular weight excluding hydrogens is 288 g/mol. The highest BCUT2D eigenvalue weighted by Crippen LogP contribution is 2.25. The van der Waals surface area contributed by atoms with Gasteiger partial charge in [-0.1, -0.05) is 25.7 Å². The van der Waals surface area contributed by atoms with Gasteiger partial charge >= 0.3 is 12.0 Å². The zero-order valence-electron chi connectivity index (χ0n) is 12.8. The van der Waals surface area contributed by atoms with Crippen molar-refractivity contribution in [1.29, 1.82) is 0 Å². The highest BCUT2D eigenvalue weighted by Gasteiger charge is 2.32. The van der Waals surface area contributed by atoms with Crippen LogP contribution >= 0.6 is 11.8 Å². The first-order chi connectivity index (χ1) is 10.1. The minimum absolute atomic E-state index is 0.0217. The summed E-state index contributed by atoms with van der Waals surface area (Å²) < 4.78 is 0. The van der Waals surface area contributed by atoms with Crippen LogP contribution in [-0.2, 0) is 4.79 Å². The van der Waals surface area contributed by atoms with Crippen molar-refractivity contribution < 1.29 is 14.7 Å². The number of amides is 2. The number of hydrogen-bond acceptors (Lipinski definition) is 3. The van der Waals surface area contributed by atoms with E-state index in [9.17, 15) is 9.59 Å². The van der Waals surface area contributed by atoms with Crippen LogP contribution in [-0.4, -0.2) is 64.1 Å². The zero-order valence-corrected chi connectivity index (χ0v) is 13.6. The van der Waals surface area contributed by atoms with Crippen molar-refractivity contribution in [3.63, 3.8) is 0 Å². The summed E-state index contributed by atoms with van der Waals surface area (Å²) in [5.74, 6) is 0.814. The third-order valence-corrected chi connectivity index (χ3v) is 5.65. The van der Waals surface area contributed by atoms with Gasteiger partial charge in [0.1, 0.15) is 0 Å². The van der Waals surface area contributed by atoms with Crippen LogP contribution in [0.15, 0.2) is 0 Å². The van der Waals surface area contributed by atoms with Crippen molar-refractivity contribution in [2.45, 2.75) is 57.0 Å². The van der Waals surface area contributed by atoms with Gasteiger partial charge in [0.2, 0.25) is 0 Å². The molecule has 1 saturated heterocycles. The Morgan fingerprint density at radius 3 is 2.52 bits per heavy atom. The van der Waals surface area contributed by atoms with Crippen LogP contribution in [0.3, 0.4) is 0 Å². The van der Waals surface area contributed by atoms with Crippen molar-refractivity contribution >= 4 is 23.8 Å². The molecule has 1 saturated carbocycles. The lowest BCUT2D eigenvalue weighted by Gasteiger charge is -2.39. The molecule has 0 aromatic heterocycles. The quantitative estimate of drug-likeness (QED) is 0.814. The van der Waals surface area contributed by atoms with E-state index in [-0.39, 0.29) is 18.5 Å². The second-order valence-electron chi connectivity index (χ2n) is 6.06. The SMILES string of the molecule is CN(C(=O)N1CCSCC1CC(=O)O)C1CCCCCC1. The number of carboxylic acid groups (broad SMARTS) is 1. The van der Waals surface area contributed by atoms with Gasteiger partial charge in [-0.05, 0) is 12.8 Å². The van der Waals surface area contributed by atoms with Crippen LogP contribution in [0.1, 0.15) is 44.9 Å². The van der Waals surface area contributed by atoms with Crippen LogP contribution in [0, 0.1) is 0 Å². The van der Waals surface area contributed by atoms with Gasteiger partial charge in [-0.2, -0.15) is 11.8 Å². The van der Waals surface area contributed by atoms with Gasteiger partial charge in [0.25, 0.3) is 0 Å². The summed E-state index contributed by atoms with van der Waals surface area (Å²) in [6, 6.07) is 0.176. The molecule has 1 unspecified atom stereocenters. The average Bonchev–Trinajstić information content (AvgIpc) is 2.75. The molecule has 120 valence electrons. The number of rotatable bonds is 3. The van der Waals surface area contributed by atoms with E-state index < -0.39 is 5.97 Å². The van der Waals surface area contributed by atoms with Crippen molar-refractivity contribution in [2.75, 3.05) is 25.1 Å². The third kappa shape index (κ3) is 4.53. The van der Waals surface area contributed by atoms with E-state index in [1.165, 1.54) is 25.7 Å². The van der Waals surface area contributed by atoms with E-state index in [1.807, 2.05) is 11.9 Å². The van der Waals surface area contributed by atoms with E-state index in [2.05, 4.69) is 0 Å². The average molecular weight is 314 g/mol. The van der Waals surface area contributed by atoms with Gasteiger partial charge in [-0.3, -0.25) is 4.79 Å². The number of carbonyl (C=O) groups excluding carboxylic acids is 1. The first-order valence-electron chi connectivity index (χ1n) is 7.92. The number of thioether (sulfide) groups is 1. The molecular formula is C15H26N2O3S. The first kappa shape index (κ1) is 16.5. The molecule has 0 aromatic carbocycles. The topological polar surface area (TPSA) is 60.9 Å². The molecule has 0 aromatic rings. The maximum Gasteiger partial charge on any atom is 0.320 e. The van der Waals surface area contributed by atoms with Gasteiger partial charge in [0, 0.05) is 31.1 Å². The van der Waals surface area contributed by atoms with Crippen LogP contribution in [0.4, 0.5) is 4.79 Å². The molecule has 2 rings (SSSR count). The monoisotopic (exact) mass is 314 g/mol. The molecule has 2 amide bonds. The molecule has 2 fully saturated rings. The van der Waals surface area contributed by atoms with Crippen molar-refractivity contribution in [3.8, 4) is 0 Å². The Balaban J connectivity index is 1.99. The smallest absolute Gasteiger partial charge is 0.320 e. The molecule has 0 spiro atoms. The maximum absolute atomic E-state index is 12.8. The molecule has 6 heteroatoms. The van der Waals surface area contributed by atoms with Crippen LogP contribution in [0.2, 0.25) is 0 Å². The Morgan fingerprint density at radius 2 is 1.90 bits per heavy atom. The predicted octanol–water partition coefficient (Wildman–Crippen LogP) is 2.65. The molecule has 0 radical (unpaired) electrons. The zero-order chi connectivity index (χ0) is 15.2. The molecule has 1 aliphatic carbocycles. The predicted molar refractivity (Wildman–Crippen MR) is 84.7 cm³/mol. The van der Waals surface area contributed by atoms with Crippen molar-refractivity contribution in [2.24, 2.45) is 0 Å². The van der Waals surface area contributed by atoms with E-state index in [4.69, 9.17) is 5.11 Å². The summed E-state index contributed by atoms with van der Waals surface area (Å²) in [6.07, 6.45) is 7.12. The molecule has 5 nitrogen and oxygen atoms in total. The fraction of sp³-hybridized carbons (Fsp3) is 0.867. The Labute approximate surface area is 131 Å². The number of urea groups is 1. The molecule has 1 heterocycles. The van der Waals surface area contributed by atoms with E-state index in [0.717, 1.165) is 24.3 Å². The van der Waals surface area contributed by atoms with Gasteiger partial charge < -0.3 is 14.9 Å². The van der Waals surface area contributed by atoms with Gasteiger partial charge in [0.15, 0.2) is 0 Å². The summed E-state index contributed by atoms with van der Waals surface area (Å²) in [4.78, 5) is 27.4. The normalized spacial score (nSPS) is 24.4. The highest BCUT2D eigenvalue weighted by atomic mass is 32.2. The van der Waals surface area contributed by atoms with E-state index in [1.54, 1.807) is 16.7 Å². The number of aliphatic carboxylic acids is 1. The second-order valence-corrected chi connectivity index (χ2v) is 7.21. The Bertz CT molecular complexity index is 370. The van der Waals surface area contributed by atoms with Gasteiger partial charge in [0.05, 0.1) is 12.5 Å². The van der Waals surface area contributed by atoms with Gasteiger partial charge in [-0.25, -0.2) is 4.79 Å². The lowest BCUT2D eigenvalue weighted by atomic mass is 10.1. The number of carbonyl (C=O) groups is 2. The Morgan fingerprint density at radius 1 is 1.24 bits per heavy atom. The van der Waals surface area contributed by atoms with Crippen LogP contribution in [0.25, 0.3) is 0 Å². The lowest BCUT2D eigenvalue weighted by Crippen LogP contribution is -2.53. The fourth-order valence-electron chi connectivity index (χ4n) is 3.28. The van der Waals surface area contributed by atoms with Crippen LogP contribution in [0.5, 0.6) is 0 Å². The maximum atomic E-state index is 12.8. The number of hydrogen-bond donors (Lipinski definition) is 1. The standard InChI is InChI=1S/C15H26N2O3S/c1-16(12-6-4-2-3-5-7-12)15(20)17-8-9-21-11-13(17)10-14(18)19/h12-13H,2-11H2,1H3,(H,18,19). The largest absolute Gasteiger partial charge is 0.481 e. The summed E-state index contributed by atoms with van der Waals surface area (Å²) in [6.45, 7) is 0.665. The fourth-order valence-corrected chi connectivity index (χ4v) is 4.34. The number of carboxylic acids is 1. The summed E-state index contributed by atoms with van der Waals surface area (Å²) in [5, 5.41) is 9.03. The first-order valence-corrected chi connectivity index (χ1v) is 9.08. The lowest BCUT2D eigenvalue weighted by molar-refractivity contribution is -0.138. The molecule has 2 aliphatic rings. The summed E-state index contributed by atoms with van der Waals surface area (Å²) in [7, 11) is 1.89. The Kier molecular flexibility index (Phi) is 6.21. The molecule has 21 heavy (non-hydrogen) atoms. The second kappa shape index (κ2) is 7.92. The molecule has 0 bridgehead atoms. The van der Waals surface area contributed by atoms with Crippen molar-refractivity contribution in [3.05, 3.63) is 0 Å². The molecule has 1 atom stereocenters. The minimum atomic E-state index is -0.822. The molecule has 1 N–H and O–H groups in total.